The van der Waals surface area contributed by atoms with E-state index in [0.29, 0.717) is 43.2 Å². The van der Waals surface area contributed by atoms with E-state index in [-0.39, 0.29) is 16.5 Å². The minimum atomic E-state index is -4.03. The summed E-state index contributed by atoms with van der Waals surface area (Å²) in [7, 11) is -2.34. The summed E-state index contributed by atoms with van der Waals surface area (Å²) in [6, 6.07) is 14.7. The van der Waals surface area contributed by atoms with Crippen molar-refractivity contribution in [1.82, 2.24) is 14.3 Å². The van der Waals surface area contributed by atoms with Crippen molar-refractivity contribution in [2.75, 3.05) is 31.0 Å². The highest BCUT2D eigenvalue weighted by Gasteiger charge is 2.24. The summed E-state index contributed by atoms with van der Waals surface area (Å²) in [5, 5.41) is 0. The topological polar surface area (TPSA) is 103 Å². The molecule has 32 heavy (non-hydrogen) atoms. The van der Waals surface area contributed by atoms with Crippen molar-refractivity contribution in [3.05, 3.63) is 76.2 Å². The summed E-state index contributed by atoms with van der Waals surface area (Å²) >= 11 is 0. The Kier molecular flexibility index (Phi) is 5.90. The van der Waals surface area contributed by atoms with E-state index in [0.717, 1.165) is 0 Å². The number of ether oxygens (including phenoxy) is 1. The van der Waals surface area contributed by atoms with Gasteiger partial charge in [0.15, 0.2) is 0 Å². The van der Waals surface area contributed by atoms with E-state index in [9.17, 15) is 18.0 Å². The molecule has 0 saturated carbocycles. The van der Waals surface area contributed by atoms with E-state index < -0.39 is 15.6 Å². The molecule has 9 nitrogen and oxygen atoms in total. The van der Waals surface area contributed by atoms with E-state index in [4.69, 9.17) is 4.74 Å². The van der Waals surface area contributed by atoms with Crippen molar-refractivity contribution in [2.45, 2.75) is 11.8 Å². The van der Waals surface area contributed by atoms with Gasteiger partial charge in [-0.25, -0.2) is 13.1 Å². The minimum absolute atomic E-state index is 0.0233. The van der Waals surface area contributed by atoms with Gasteiger partial charge >= 0.3 is 0 Å². The molecule has 1 aliphatic rings. The number of nitrogens with one attached hydrogen (secondary N) is 1. The SMILES string of the molecule is Cc1c(NS(=O)(=O)c2ccc(C(=O)N3CCOCC3)cc2)c(=O)n(-c2ccccc2)n1C. The van der Waals surface area contributed by atoms with Gasteiger partial charge in [0.2, 0.25) is 0 Å². The highest BCUT2D eigenvalue weighted by molar-refractivity contribution is 7.92. The fraction of sp³-hybridized carbons (Fsp3) is 0.273. The summed E-state index contributed by atoms with van der Waals surface area (Å²) in [4.78, 5) is 27.2. The molecule has 1 fully saturated rings. The third kappa shape index (κ3) is 4.06. The third-order valence-corrected chi connectivity index (χ3v) is 6.87. The zero-order chi connectivity index (χ0) is 22.9. The number of hydrogen-bond donors (Lipinski definition) is 1. The van der Waals surface area contributed by atoms with Gasteiger partial charge in [0.1, 0.15) is 5.69 Å². The Bertz CT molecular complexity index is 1290. The normalized spacial score (nSPS) is 14.4. The first-order valence-corrected chi connectivity index (χ1v) is 11.6. The average molecular weight is 457 g/mol. The van der Waals surface area contributed by atoms with Gasteiger partial charge in [0.25, 0.3) is 21.5 Å². The zero-order valence-corrected chi connectivity index (χ0v) is 18.6. The van der Waals surface area contributed by atoms with Crippen LogP contribution in [0.15, 0.2) is 64.3 Å². The second-order valence-corrected chi connectivity index (χ2v) is 9.15. The molecule has 4 rings (SSSR count). The van der Waals surface area contributed by atoms with Gasteiger partial charge in [-0.3, -0.25) is 19.0 Å². The lowest BCUT2D eigenvalue weighted by Crippen LogP contribution is -2.40. The Morgan fingerprint density at radius 3 is 2.25 bits per heavy atom. The van der Waals surface area contributed by atoms with Crippen LogP contribution in [-0.4, -0.2) is 54.9 Å². The molecule has 2 heterocycles. The predicted molar refractivity (Wildman–Crippen MR) is 120 cm³/mol. The van der Waals surface area contributed by atoms with Crippen LogP contribution in [0, 0.1) is 6.92 Å². The van der Waals surface area contributed by atoms with E-state index in [1.807, 2.05) is 6.07 Å². The summed E-state index contributed by atoms with van der Waals surface area (Å²) in [6.07, 6.45) is 0. The molecule has 1 N–H and O–H groups in total. The number of morpholine rings is 1. The lowest BCUT2D eigenvalue weighted by Gasteiger charge is -2.26. The Morgan fingerprint density at radius 2 is 1.62 bits per heavy atom. The number of rotatable bonds is 5. The predicted octanol–water partition coefficient (Wildman–Crippen LogP) is 1.76. The zero-order valence-electron chi connectivity index (χ0n) is 17.8. The molecule has 168 valence electrons. The van der Waals surface area contributed by atoms with Crippen molar-refractivity contribution in [3.63, 3.8) is 0 Å². The number of hydrogen-bond acceptors (Lipinski definition) is 5. The molecule has 0 atom stereocenters. The number of amides is 1. The van der Waals surface area contributed by atoms with Crippen LogP contribution in [0.4, 0.5) is 5.69 Å². The van der Waals surface area contributed by atoms with E-state index in [1.165, 1.54) is 28.9 Å². The second kappa shape index (κ2) is 8.64. The standard InChI is InChI=1S/C22H24N4O5S/c1-16-20(22(28)26(24(16)2)18-6-4-3-5-7-18)23-32(29,30)19-10-8-17(9-11-19)21(27)25-12-14-31-15-13-25/h3-11,23H,12-15H2,1-2H3. The van der Waals surface area contributed by atoms with Gasteiger partial charge in [-0.05, 0) is 43.3 Å². The largest absolute Gasteiger partial charge is 0.378 e. The van der Waals surface area contributed by atoms with Gasteiger partial charge < -0.3 is 9.64 Å². The molecule has 0 unspecified atom stereocenters. The first-order chi connectivity index (χ1) is 15.3. The molecule has 0 radical (unpaired) electrons. The van der Waals surface area contributed by atoms with Crippen LogP contribution in [0.2, 0.25) is 0 Å². The summed E-state index contributed by atoms with van der Waals surface area (Å²) in [5.41, 5.74) is 0.998. The van der Waals surface area contributed by atoms with Gasteiger partial charge in [0.05, 0.1) is 29.5 Å². The molecule has 0 spiro atoms. The summed E-state index contributed by atoms with van der Waals surface area (Å²) < 4.78 is 36.6. The number of benzene rings is 2. The molecule has 3 aromatic rings. The highest BCUT2D eigenvalue weighted by atomic mass is 32.2. The maximum Gasteiger partial charge on any atom is 0.296 e. The van der Waals surface area contributed by atoms with Gasteiger partial charge in [-0.2, -0.15) is 0 Å². The Hall–Kier alpha value is -3.37. The molecule has 1 aromatic heterocycles. The van der Waals surface area contributed by atoms with Crippen LogP contribution in [0.25, 0.3) is 5.69 Å². The molecular weight excluding hydrogens is 432 g/mol. The number of sulfonamides is 1. The molecule has 1 amide bonds. The molecule has 10 heteroatoms. The first-order valence-electron chi connectivity index (χ1n) is 10.1. The number of nitrogens with zero attached hydrogens (tertiary/aromatic N) is 3. The maximum absolute atomic E-state index is 13.0. The van der Waals surface area contributed by atoms with Crippen LogP contribution in [-0.2, 0) is 21.8 Å². The lowest BCUT2D eigenvalue weighted by molar-refractivity contribution is 0.0303. The number of carbonyl (C=O) groups excluding carboxylic acids is 1. The van der Waals surface area contributed by atoms with Crippen molar-refractivity contribution >= 4 is 21.6 Å². The maximum atomic E-state index is 13.0. The molecular formula is C22H24N4O5S. The van der Waals surface area contributed by atoms with Crippen LogP contribution in [0.5, 0.6) is 0 Å². The monoisotopic (exact) mass is 456 g/mol. The molecule has 0 bridgehead atoms. The van der Waals surface area contributed by atoms with Gasteiger partial charge in [-0.1, -0.05) is 18.2 Å². The number of aromatic nitrogens is 2. The lowest BCUT2D eigenvalue weighted by atomic mass is 10.2. The van der Waals surface area contributed by atoms with Crippen molar-refractivity contribution < 1.29 is 17.9 Å². The fourth-order valence-electron chi connectivity index (χ4n) is 3.60. The van der Waals surface area contributed by atoms with Crippen molar-refractivity contribution in [2.24, 2.45) is 7.05 Å². The number of para-hydroxylation sites is 1. The van der Waals surface area contributed by atoms with Gasteiger partial charge in [0, 0.05) is 25.7 Å². The van der Waals surface area contributed by atoms with E-state index in [2.05, 4.69) is 4.72 Å². The minimum Gasteiger partial charge on any atom is -0.378 e. The van der Waals surface area contributed by atoms with E-state index in [1.54, 1.807) is 47.8 Å². The second-order valence-electron chi connectivity index (χ2n) is 7.47. The highest BCUT2D eigenvalue weighted by Crippen LogP contribution is 2.20. The molecule has 1 aliphatic heterocycles. The molecule has 0 aliphatic carbocycles. The van der Waals surface area contributed by atoms with Crippen molar-refractivity contribution in [1.29, 1.82) is 0 Å². The quantitative estimate of drug-likeness (QED) is 0.630. The van der Waals surface area contributed by atoms with Crippen LogP contribution >= 0.6 is 0 Å². The Labute approximate surface area is 185 Å². The van der Waals surface area contributed by atoms with Crippen LogP contribution in [0.3, 0.4) is 0 Å². The third-order valence-electron chi connectivity index (χ3n) is 5.50. The van der Waals surface area contributed by atoms with Crippen LogP contribution in [0.1, 0.15) is 16.1 Å². The molecule has 1 saturated heterocycles. The van der Waals surface area contributed by atoms with Crippen LogP contribution < -0.4 is 10.3 Å². The van der Waals surface area contributed by atoms with Crippen molar-refractivity contribution in [3.8, 4) is 5.69 Å². The van der Waals surface area contributed by atoms with E-state index >= 15 is 0 Å². The number of anilines is 1. The fourth-order valence-corrected chi connectivity index (χ4v) is 4.72. The Morgan fingerprint density at radius 1 is 1.00 bits per heavy atom. The Balaban J connectivity index is 1.60. The molecule has 2 aromatic carbocycles. The summed E-state index contributed by atoms with van der Waals surface area (Å²) in [6.45, 7) is 3.64. The smallest absolute Gasteiger partial charge is 0.296 e. The number of carbonyl (C=O) groups is 1. The average Bonchev–Trinajstić information content (AvgIpc) is 3.02. The van der Waals surface area contributed by atoms with Gasteiger partial charge in [-0.15, -0.1) is 0 Å². The first kappa shape index (κ1) is 21.8. The summed E-state index contributed by atoms with van der Waals surface area (Å²) in [5.74, 6) is -0.171.